The first-order chi connectivity index (χ1) is 24.9. The number of aromatic nitrogens is 8. The summed E-state index contributed by atoms with van der Waals surface area (Å²) in [5.41, 5.74) is 6.28. The zero-order chi connectivity index (χ0) is 38.6. The van der Waals surface area contributed by atoms with Crippen LogP contribution in [0.25, 0.3) is 33.4 Å². The summed E-state index contributed by atoms with van der Waals surface area (Å²) in [6.45, 7) is 0.855. The quantitative estimate of drug-likeness (QED) is 0.0324. The molecule has 5 heterocycles. The molecule has 286 valence electrons. The number of benzene rings is 1. The number of ether oxygens (including phenoxy) is 1. The molecule has 53 heavy (non-hydrogen) atoms. The van der Waals surface area contributed by atoms with Crippen LogP contribution in [0.3, 0.4) is 0 Å². The lowest BCUT2D eigenvalue weighted by atomic mass is 10.1. The molecule has 1 fully saturated rings. The molecule has 1 aliphatic heterocycles. The normalized spacial score (nSPS) is 23.3. The Kier molecular flexibility index (Phi) is 10.6. The Morgan fingerprint density at radius 1 is 0.981 bits per heavy atom. The number of phosphoric acid groups is 2. The van der Waals surface area contributed by atoms with E-state index >= 15 is 0 Å². The number of aromatic amines is 2. The van der Waals surface area contributed by atoms with Crippen LogP contribution in [-0.4, -0.2) is 120 Å². The predicted octanol–water partition coefficient (Wildman–Crippen LogP) is -2.96. The van der Waals surface area contributed by atoms with Gasteiger partial charge in [-0.25, -0.2) is 38.4 Å². The number of hydrogen-bond acceptors (Lipinski definition) is 18. The van der Waals surface area contributed by atoms with E-state index in [0.29, 0.717) is 11.0 Å². The van der Waals surface area contributed by atoms with Crippen molar-refractivity contribution < 1.29 is 67.1 Å². The minimum absolute atomic E-state index is 0.0305. The number of fused-ring (bicyclic) bond motifs is 3. The Hall–Kier alpha value is -4.13. The third-order valence-electron chi connectivity index (χ3n) is 8.46. The van der Waals surface area contributed by atoms with Gasteiger partial charge in [-0.1, -0.05) is 0 Å². The molecule has 0 saturated carbocycles. The zero-order valence-corrected chi connectivity index (χ0v) is 29.3. The molecule has 0 spiro atoms. The third kappa shape index (κ3) is 7.91. The molecule has 0 amide bonds. The van der Waals surface area contributed by atoms with Crippen molar-refractivity contribution >= 4 is 54.8 Å². The molecule has 9 atom stereocenters. The van der Waals surface area contributed by atoms with Gasteiger partial charge in [0.2, 0.25) is 5.52 Å². The Labute approximate surface area is 295 Å². The minimum atomic E-state index is -5.54. The molecule has 4 unspecified atom stereocenters. The molecule has 5 aromatic rings. The average Bonchev–Trinajstić information content (AvgIpc) is 3.63. The Morgan fingerprint density at radius 2 is 1.68 bits per heavy atom. The van der Waals surface area contributed by atoms with Gasteiger partial charge in [0, 0.05) is 0 Å². The van der Waals surface area contributed by atoms with Crippen molar-refractivity contribution in [3.05, 3.63) is 56.8 Å². The van der Waals surface area contributed by atoms with Gasteiger partial charge >= 0.3 is 27.0 Å². The van der Waals surface area contributed by atoms with Gasteiger partial charge in [-0.15, -0.1) is 0 Å². The van der Waals surface area contributed by atoms with E-state index in [1.807, 2.05) is 0 Å². The molecule has 0 aliphatic carbocycles. The zero-order valence-electron chi connectivity index (χ0n) is 27.5. The van der Waals surface area contributed by atoms with Crippen molar-refractivity contribution in [2.45, 2.75) is 63.2 Å². The summed E-state index contributed by atoms with van der Waals surface area (Å²) in [5.74, 6) is 0.0305. The fourth-order valence-electron chi connectivity index (χ4n) is 5.61. The first kappa shape index (κ1) is 38.6. The van der Waals surface area contributed by atoms with Gasteiger partial charge in [0.15, 0.2) is 23.2 Å². The first-order valence-corrected chi connectivity index (χ1v) is 18.5. The number of nitrogens with two attached hydrogens (primary N) is 1. The summed E-state index contributed by atoms with van der Waals surface area (Å²) < 4.78 is 46.7. The minimum Gasteiger partial charge on any atom is -0.388 e. The van der Waals surface area contributed by atoms with Crippen LogP contribution >= 0.6 is 15.6 Å². The highest BCUT2D eigenvalue weighted by Crippen LogP contribution is 2.60. The molecule has 0 radical (unpaired) electrons. The highest BCUT2D eigenvalue weighted by molar-refractivity contribution is 7.61. The summed E-state index contributed by atoms with van der Waals surface area (Å²) in [6.07, 6.45) is -9.88. The van der Waals surface area contributed by atoms with Crippen LogP contribution in [0.1, 0.15) is 17.4 Å². The number of H-pyrrole nitrogens is 2. The number of nitrogen functional groups attached to an aromatic ring is 1. The van der Waals surface area contributed by atoms with Crippen LogP contribution in [0.15, 0.2) is 34.4 Å². The van der Waals surface area contributed by atoms with E-state index in [1.54, 1.807) is 26.0 Å². The maximum atomic E-state index is 12.5. The molecule has 0 bridgehead atoms. The van der Waals surface area contributed by atoms with E-state index in [9.17, 15) is 54.0 Å². The number of rotatable bonds is 13. The highest BCUT2D eigenvalue weighted by atomic mass is 31.3. The average molecular weight is 787 g/mol. The third-order valence-corrected chi connectivity index (χ3v) is 11.1. The standard InChI is InChI=1S/C27H33N9O15P2/c1-10-3-12-13(4-11(10)2)35(24-18(32-12)25(42)34-27(43)33-24)5-14(37)19(39)15(38)6-48-52(44,45)51-53(46,47)49-7-16-20(40)21(41)26(50-16)36-9-31-17-22(28)29-8-30-23(17)36/h3-4,8-9,14-16,19-21,26,37-41H,5-7H2,1-2H3,(H5,28,29,30,34,42,43,44,45,46,47)/p+1/t14-,15?,16+,19?,20+,21+,26+/m0/s1. The van der Waals surface area contributed by atoms with E-state index in [0.717, 1.165) is 17.5 Å². The number of aliphatic hydroxyl groups is 5. The Bertz CT molecular complexity index is 2410. The van der Waals surface area contributed by atoms with Gasteiger partial charge in [-0.3, -0.25) is 23.4 Å². The van der Waals surface area contributed by atoms with Crippen LogP contribution in [-0.2, 0) is 33.8 Å². The number of aliphatic hydroxyl groups excluding tert-OH is 5. The molecule has 1 saturated heterocycles. The first-order valence-electron chi connectivity index (χ1n) is 15.5. The lowest BCUT2D eigenvalue weighted by molar-refractivity contribution is -0.657. The summed E-state index contributed by atoms with van der Waals surface area (Å²) in [4.78, 5) is 65.4. The molecular weight excluding hydrogens is 752 g/mol. The summed E-state index contributed by atoms with van der Waals surface area (Å²) in [7, 11) is -11.0. The fraction of sp³-hybridized carbons (Fsp3) is 0.444. The topological polar surface area (TPSA) is 365 Å². The Morgan fingerprint density at radius 3 is 2.42 bits per heavy atom. The van der Waals surface area contributed by atoms with Crippen molar-refractivity contribution in [2.75, 3.05) is 18.9 Å². The number of anilines is 1. The van der Waals surface area contributed by atoms with Crippen molar-refractivity contribution in [3.8, 4) is 0 Å². The lowest BCUT2D eigenvalue weighted by Gasteiger charge is -2.24. The van der Waals surface area contributed by atoms with Gasteiger partial charge in [-0.2, -0.15) is 9.29 Å². The van der Waals surface area contributed by atoms with Crippen LogP contribution in [0.4, 0.5) is 5.82 Å². The van der Waals surface area contributed by atoms with E-state index in [2.05, 4.69) is 38.7 Å². The molecule has 11 N–H and O–H groups in total. The number of nitrogens with one attached hydrogen (secondary N) is 2. The summed E-state index contributed by atoms with van der Waals surface area (Å²) >= 11 is 0. The number of imidazole rings is 1. The van der Waals surface area contributed by atoms with Gasteiger partial charge in [0.05, 0.1) is 19.5 Å². The molecular formula is C27H34N9O15P2+. The van der Waals surface area contributed by atoms with Crippen molar-refractivity contribution in [3.63, 3.8) is 0 Å². The van der Waals surface area contributed by atoms with E-state index in [1.165, 1.54) is 15.5 Å². The highest BCUT2D eigenvalue weighted by Gasteiger charge is 2.46. The summed E-state index contributed by atoms with van der Waals surface area (Å²) in [5, 5.41) is 53.1. The largest absolute Gasteiger partial charge is 0.481 e. The second-order valence-corrected chi connectivity index (χ2v) is 15.2. The molecule has 4 aromatic heterocycles. The van der Waals surface area contributed by atoms with Gasteiger partial charge < -0.3 is 45.8 Å². The van der Waals surface area contributed by atoms with Crippen molar-refractivity contribution in [1.82, 2.24) is 34.5 Å². The number of phosphoric ester groups is 2. The predicted molar refractivity (Wildman–Crippen MR) is 176 cm³/mol. The number of nitrogens with zero attached hydrogens (tertiary/aromatic N) is 6. The van der Waals surface area contributed by atoms with E-state index in [-0.39, 0.29) is 28.1 Å². The second kappa shape index (κ2) is 14.6. The van der Waals surface area contributed by atoms with Crippen LogP contribution in [0.5, 0.6) is 0 Å². The smallest absolute Gasteiger partial charge is 0.388 e. The SMILES string of the molecule is Cc1cc2nc3c(=O)[nH]c(=O)[nH]c3[n+](C[C@H](O)C(O)C(O)COP(=O)(O)OP(=O)(O)OC[C@H]3O[C@@H](n4cnc5c(N)ncnc54)[C@H](O)[C@@H]3O)c2cc1C. The molecule has 1 aliphatic rings. The number of aryl methyl sites for hydroxylation is 2. The molecule has 24 nitrogen and oxygen atoms in total. The maximum absolute atomic E-state index is 12.5. The van der Waals surface area contributed by atoms with Crippen LogP contribution in [0, 0.1) is 13.8 Å². The molecule has 26 heteroatoms. The van der Waals surface area contributed by atoms with Gasteiger partial charge in [0.1, 0.15) is 60.5 Å². The van der Waals surface area contributed by atoms with Gasteiger partial charge in [0.25, 0.3) is 5.56 Å². The monoisotopic (exact) mass is 786 g/mol. The van der Waals surface area contributed by atoms with Crippen molar-refractivity contribution in [2.24, 2.45) is 0 Å². The summed E-state index contributed by atoms with van der Waals surface area (Å²) in [6, 6.07) is 3.33. The maximum Gasteiger partial charge on any atom is 0.481 e. The van der Waals surface area contributed by atoms with E-state index in [4.69, 9.17) is 15.0 Å². The molecule has 1 aromatic carbocycles. The number of hydrogen-bond donors (Lipinski definition) is 10. The lowest BCUT2D eigenvalue weighted by Crippen LogP contribution is -2.51. The van der Waals surface area contributed by atoms with Crippen LogP contribution < -0.4 is 21.5 Å². The fourth-order valence-corrected chi connectivity index (χ4v) is 7.70. The van der Waals surface area contributed by atoms with Crippen LogP contribution in [0.2, 0.25) is 0 Å². The molecule has 6 rings (SSSR count). The second-order valence-electron chi connectivity index (χ2n) is 12.1. The van der Waals surface area contributed by atoms with E-state index < -0.39 is 89.5 Å². The van der Waals surface area contributed by atoms with Gasteiger partial charge in [-0.05, 0) is 37.1 Å². The Balaban J connectivity index is 1.07. The van der Waals surface area contributed by atoms with Crippen molar-refractivity contribution in [1.29, 1.82) is 0 Å².